The Balaban J connectivity index is 1.60. The van der Waals surface area contributed by atoms with E-state index >= 15 is 0 Å². The van der Waals surface area contributed by atoms with Crippen molar-refractivity contribution in [3.8, 4) is 0 Å². The molecular formula is C11H21NO. The summed E-state index contributed by atoms with van der Waals surface area (Å²) >= 11 is 0. The van der Waals surface area contributed by atoms with Crippen molar-refractivity contribution in [3.63, 3.8) is 0 Å². The van der Waals surface area contributed by atoms with Crippen LogP contribution in [-0.4, -0.2) is 25.8 Å². The summed E-state index contributed by atoms with van der Waals surface area (Å²) < 4.78 is 5.73. The Kier molecular flexibility index (Phi) is 2.61. The molecule has 1 saturated heterocycles. The van der Waals surface area contributed by atoms with Crippen LogP contribution in [0.4, 0.5) is 0 Å². The molecule has 2 aliphatic rings. The van der Waals surface area contributed by atoms with Crippen LogP contribution in [0.1, 0.15) is 33.1 Å². The van der Waals surface area contributed by atoms with Gasteiger partial charge in [0, 0.05) is 19.7 Å². The molecule has 0 spiro atoms. The largest absolute Gasteiger partial charge is 0.376 e. The zero-order valence-corrected chi connectivity index (χ0v) is 8.81. The fourth-order valence-corrected chi connectivity index (χ4v) is 1.94. The fraction of sp³-hybridized carbons (Fsp3) is 1.00. The second-order valence-corrected chi connectivity index (χ2v) is 5.16. The fourth-order valence-electron chi connectivity index (χ4n) is 1.94. The molecule has 1 aliphatic heterocycles. The molecule has 0 radical (unpaired) electrons. The molecule has 0 bridgehead atoms. The van der Waals surface area contributed by atoms with Gasteiger partial charge < -0.3 is 10.1 Å². The zero-order valence-electron chi connectivity index (χ0n) is 8.81. The Hall–Kier alpha value is -0.0800. The van der Waals surface area contributed by atoms with Gasteiger partial charge in [-0.3, -0.25) is 0 Å². The van der Waals surface area contributed by atoms with Crippen molar-refractivity contribution in [1.29, 1.82) is 0 Å². The first-order valence-corrected chi connectivity index (χ1v) is 5.51. The summed E-state index contributed by atoms with van der Waals surface area (Å²) in [5.74, 6) is 0.982. The third-order valence-corrected chi connectivity index (χ3v) is 3.53. The predicted molar refractivity (Wildman–Crippen MR) is 53.7 cm³/mol. The zero-order chi connectivity index (χ0) is 9.31. The van der Waals surface area contributed by atoms with Gasteiger partial charge >= 0.3 is 0 Å². The minimum Gasteiger partial charge on any atom is -0.376 e. The number of hydrogen-bond acceptors (Lipinski definition) is 2. The molecule has 1 saturated carbocycles. The van der Waals surface area contributed by atoms with Gasteiger partial charge in [-0.25, -0.2) is 0 Å². The second-order valence-electron chi connectivity index (χ2n) is 5.16. The van der Waals surface area contributed by atoms with E-state index < -0.39 is 0 Å². The molecular weight excluding hydrogens is 162 g/mol. The summed E-state index contributed by atoms with van der Waals surface area (Å²) in [5, 5.41) is 3.22. The first-order chi connectivity index (χ1) is 6.18. The highest BCUT2D eigenvalue weighted by atomic mass is 16.5. The number of ether oxygens (including phenoxy) is 1. The average Bonchev–Trinajstić information content (AvgIpc) is 2.75. The molecule has 0 aromatic heterocycles. The maximum atomic E-state index is 5.73. The van der Waals surface area contributed by atoms with Gasteiger partial charge in [-0.05, 0) is 30.6 Å². The lowest BCUT2D eigenvalue weighted by molar-refractivity contribution is 0.00316. The van der Waals surface area contributed by atoms with Gasteiger partial charge in [0.2, 0.25) is 0 Å². The highest BCUT2D eigenvalue weighted by Gasteiger charge is 2.37. The summed E-state index contributed by atoms with van der Waals surface area (Å²) in [6.45, 7) is 7.84. The SMILES string of the molecule is CC(C)(CCOC1CNC1)C1CC1. The standard InChI is InChI=1S/C11H21NO/c1-11(2,9-3-4-9)5-6-13-10-7-12-8-10/h9-10,12H,3-8H2,1-2H3. The van der Waals surface area contributed by atoms with E-state index in [1.165, 1.54) is 19.3 Å². The van der Waals surface area contributed by atoms with Crippen molar-refractivity contribution in [2.45, 2.75) is 39.2 Å². The Morgan fingerprint density at radius 3 is 2.46 bits per heavy atom. The lowest BCUT2D eigenvalue weighted by atomic mass is 9.84. The van der Waals surface area contributed by atoms with Gasteiger partial charge in [-0.15, -0.1) is 0 Å². The van der Waals surface area contributed by atoms with E-state index in [1.54, 1.807) is 0 Å². The molecule has 1 N–H and O–H groups in total. The van der Waals surface area contributed by atoms with E-state index in [4.69, 9.17) is 4.74 Å². The average molecular weight is 183 g/mol. The summed E-state index contributed by atoms with van der Waals surface area (Å²) in [5.41, 5.74) is 0.525. The summed E-state index contributed by atoms with van der Waals surface area (Å²) in [4.78, 5) is 0. The van der Waals surface area contributed by atoms with Crippen LogP contribution in [0.15, 0.2) is 0 Å². The van der Waals surface area contributed by atoms with Gasteiger partial charge in [-0.1, -0.05) is 13.8 Å². The second kappa shape index (κ2) is 3.58. The first-order valence-electron chi connectivity index (χ1n) is 5.51. The molecule has 2 heteroatoms. The Bertz CT molecular complexity index is 171. The minimum absolute atomic E-state index is 0.509. The highest BCUT2D eigenvalue weighted by Crippen LogP contribution is 2.47. The van der Waals surface area contributed by atoms with Crippen molar-refractivity contribution in [2.24, 2.45) is 11.3 Å². The molecule has 0 aromatic rings. The van der Waals surface area contributed by atoms with Gasteiger partial charge in [-0.2, -0.15) is 0 Å². The minimum atomic E-state index is 0.509. The summed E-state index contributed by atoms with van der Waals surface area (Å²) in [7, 11) is 0. The highest BCUT2D eigenvalue weighted by molar-refractivity contribution is 4.88. The molecule has 0 amide bonds. The van der Waals surface area contributed by atoms with Crippen LogP contribution in [0, 0.1) is 11.3 Å². The Labute approximate surface area is 81.0 Å². The lowest BCUT2D eigenvalue weighted by Gasteiger charge is -2.30. The predicted octanol–water partition coefficient (Wildman–Crippen LogP) is 1.80. The third kappa shape index (κ3) is 2.44. The van der Waals surface area contributed by atoms with Crippen LogP contribution >= 0.6 is 0 Å². The van der Waals surface area contributed by atoms with Crippen LogP contribution in [0.5, 0.6) is 0 Å². The number of rotatable bonds is 5. The van der Waals surface area contributed by atoms with Crippen LogP contribution in [-0.2, 0) is 4.74 Å². The van der Waals surface area contributed by atoms with E-state index in [-0.39, 0.29) is 0 Å². The van der Waals surface area contributed by atoms with Crippen LogP contribution in [0.2, 0.25) is 0 Å². The molecule has 0 aromatic carbocycles. The van der Waals surface area contributed by atoms with E-state index in [0.717, 1.165) is 25.6 Å². The first kappa shape index (κ1) is 9.47. The lowest BCUT2D eigenvalue weighted by Crippen LogP contribution is -2.48. The van der Waals surface area contributed by atoms with E-state index in [2.05, 4.69) is 19.2 Å². The van der Waals surface area contributed by atoms with E-state index in [0.29, 0.717) is 11.5 Å². The van der Waals surface area contributed by atoms with Crippen molar-refractivity contribution < 1.29 is 4.74 Å². The number of nitrogens with one attached hydrogen (secondary N) is 1. The smallest absolute Gasteiger partial charge is 0.0823 e. The van der Waals surface area contributed by atoms with Crippen molar-refractivity contribution in [1.82, 2.24) is 5.32 Å². The molecule has 2 rings (SSSR count). The molecule has 76 valence electrons. The quantitative estimate of drug-likeness (QED) is 0.702. The molecule has 2 nitrogen and oxygen atoms in total. The van der Waals surface area contributed by atoms with Crippen LogP contribution < -0.4 is 5.32 Å². The Morgan fingerprint density at radius 1 is 1.31 bits per heavy atom. The molecule has 2 fully saturated rings. The van der Waals surface area contributed by atoms with Crippen molar-refractivity contribution in [2.75, 3.05) is 19.7 Å². The monoisotopic (exact) mass is 183 g/mol. The van der Waals surface area contributed by atoms with Crippen molar-refractivity contribution in [3.05, 3.63) is 0 Å². The van der Waals surface area contributed by atoms with E-state index in [1.807, 2.05) is 0 Å². The molecule has 1 aliphatic carbocycles. The normalized spacial score (nSPS) is 24.5. The molecule has 0 unspecified atom stereocenters. The molecule has 13 heavy (non-hydrogen) atoms. The van der Waals surface area contributed by atoms with Crippen molar-refractivity contribution >= 4 is 0 Å². The van der Waals surface area contributed by atoms with Gasteiger partial charge in [0.15, 0.2) is 0 Å². The topological polar surface area (TPSA) is 21.3 Å². The van der Waals surface area contributed by atoms with Gasteiger partial charge in [0.25, 0.3) is 0 Å². The number of hydrogen-bond donors (Lipinski definition) is 1. The molecule has 1 heterocycles. The molecule has 0 atom stereocenters. The maximum absolute atomic E-state index is 5.73. The summed E-state index contributed by atoms with van der Waals surface area (Å²) in [6.07, 6.45) is 4.62. The Morgan fingerprint density at radius 2 is 2.00 bits per heavy atom. The summed E-state index contributed by atoms with van der Waals surface area (Å²) in [6, 6.07) is 0. The maximum Gasteiger partial charge on any atom is 0.0823 e. The van der Waals surface area contributed by atoms with Gasteiger partial charge in [0.1, 0.15) is 0 Å². The third-order valence-electron chi connectivity index (χ3n) is 3.53. The van der Waals surface area contributed by atoms with E-state index in [9.17, 15) is 0 Å². The van der Waals surface area contributed by atoms with Gasteiger partial charge in [0.05, 0.1) is 6.10 Å². The van der Waals surface area contributed by atoms with Crippen LogP contribution in [0.3, 0.4) is 0 Å². The van der Waals surface area contributed by atoms with Crippen LogP contribution in [0.25, 0.3) is 0 Å².